The van der Waals surface area contributed by atoms with E-state index in [0.717, 1.165) is 30.5 Å². The first kappa shape index (κ1) is 12.5. The summed E-state index contributed by atoms with van der Waals surface area (Å²) < 4.78 is 0. The second-order valence-corrected chi connectivity index (χ2v) is 4.97. The third kappa shape index (κ3) is 3.25. The van der Waals surface area contributed by atoms with E-state index < -0.39 is 0 Å². The van der Waals surface area contributed by atoms with Crippen molar-refractivity contribution in [1.29, 1.82) is 0 Å². The van der Waals surface area contributed by atoms with Crippen molar-refractivity contribution in [1.82, 2.24) is 15.3 Å². The van der Waals surface area contributed by atoms with Gasteiger partial charge in [0.15, 0.2) is 0 Å². The quantitative estimate of drug-likeness (QED) is 0.849. The molecule has 0 radical (unpaired) electrons. The van der Waals surface area contributed by atoms with Gasteiger partial charge in [0.05, 0.1) is 5.69 Å². The smallest absolute Gasteiger partial charge is 0.131 e. The van der Waals surface area contributed by atoms with E-state index in [1.165, 1.54) is 25.7 Å². The largest absolute Gasteiger partial charge is 0.311 e. The first-order valence-corrected chi connectivity index (χ1v) is 6.86. The molecular weight excluding hydrogens is 210 g/mol. The van der Waals surface area contributed by atoms with E-state index in [4.69, 9.17) is 0 Å². The average Bonchev–Trinajstić information content (AvgIpc) is 2.85. The lowest BCUT2D eigenvalue weighted by molar-refractivity contribution is 0.516. The summed E-state index contributed by atoms with van der Waals surface area (Å²) in [5, 5.41) is 3.31. The summed E-state index contributed by atoms with van der Waals surface area (Å²) in [5.41, 5.74) is 1.12. The highest BCUT2D eigenvalue weighted by Crippen LogP contribution is 2.38. The Morgan fingerprint density at radius 3 is 2.94 bits per heavy atom. The summed E-state index contributed by atoms with van der Waals surface area (Å²) in [4.78, 5) is 9.15. The minimum atomic E-state index is 0.599. The highest BCUT2D eigenvalue weighted by molar-refractivity contribution is 5.07. The molecule has 1 aromatic rings. The van der Waals surface area contributed by atoms with Gasteiger partial charge in [-0.3, -0.25) is 0 Å². The third-order valence-electron chi connectivity index (χ3n) is 3.77. The summed E-state index contributed by atoms with van der Waals surface area (Å²) in [6, 6.07) is 2.01. The van der Waals surface area contributed by atoms with E-state index >= 15 is 0 Å². The number of hydrogen-bond acceptors (Lipinski definition) is 3. The minimum Gasteiger partial charge on any atom is -0.311 e. The molecule has 0 spiro atoms. The fraction of sp³-hybridized carbons (Fsp3) is 0.714. The van der Waals surface area contributed by atoms with Gasteiger partial charge < -0.3 is 5.32 Å². The number of rotatable bonds is 5. The molecule has 1 fully saturated rings. The molecule has 1 N–H and O–H groups in total. The van der Waals surface area contributed by atoms with Gasteiger partial charge in [-0.15, -0.1) is 0 Å². The summed E-state index contributed by atoms with van der Waals surface area (Å²) in [6.07, 6.45) is 7.11. The maximum atomic E-state index is 4.69. The standard InChI is InChI=1S/C14H23N3/c1-3-11-5-6-12(9-11)14-16-8-7-13(17-14)10-15-4-2/h7-8,11-12,15H,3-6,9-10H2,1-2H3. The van der Waals surface area contributed by atoms with Gasteiger partial charge in [-0.05, 0) is 37.8 Å². The third-order valence-corrected chi connectivity index (χ3v) is 3.77. The molecule has 1 saturated carbocycles. The topological polar surface area (TPSA) is 37.8 Å². The van der Waals surface area contributed by atoms with Crippen LogP contribution in [0.25, 0.3) is 0 Å². The van der Waals surface area contributed by atoms with Gasteiger partial charge in [0.2, 0.25) is 0 Å². The van der Waals surface area contributed by atoms with Crippen molar-refractivity contribution < 1.29 is 0 Å². The molecule has 1 aliphatic carbocycles. The second-order valence-electron chi connectivity index (χ2n) is 4.97. The van der Waals surface area contributed by atoms with Crippen LogP contribution in [0, 0.1) is 5.92 Å². The maximum absolute atomic E-state index is 4.69. The predicted octanol–water partition coefficient (Wildman–Crippen LogP) is 2.88. The highest BCUT2D eigenvalue weighted by Gasteiger charge is 2.26. The lowest BCUT2D eigenvalue weighted by Gasteiger charge is -2.10. The second kappa shape index (κ2) is 6.10. The summed E-state index contributed by atoms with van der Waals surface area (Å²) in [6.45, 7) is 6.25. The SMILES string of the molecule is CCNCc1ccnc(C2CCC(CC)C2)n1. The van der Waals surface area contributed by atoms with E-state index in [9.17, 15) is 0 Å². The van der Waals surface area contributed by atoms with Crippen LogP contribution in [0.2, 0.25) is 0 Å². The fourth-order valence-corrected chi connectivity index (χ4v) is 2.64. The lowest BCUT2D eigenvalue weighted by atomic mass is 10.0. The van der Waals surface area contributed by atoms with E-state index in [0.29, 0.717) is 5.92 Å². The Morgan fingerprint density at radius 1 is 1.35 bits per heavy atom. The van der Waals surface area contributed by atoms with Crippen molar-refractivity contribution in [3.63, 3.8) is 0 Å². The molecule has 2 unspecified atom stereocenters. The van der Waals surface area contributed by atoms with Crippen LogP contribution in [0.1, 0.15) is 57.0 Å². The van der Waals surface area contributed by atoms with Crippen LogP contribution in [0.4, 0.5) is 0 Å². The minimum absolute atomic E-state index is 0.599. The van der Waals surface area contributed by atoms with Gasteiger partial charge >= 0.3 is 0 Å². The van der Waals surface area contributed by atoms with Crippen LogP contribution in [0.15, 0.2) is 12.3 Å². The number of hydrogen-bond donors (Lipinski definition) is 1. The molecular formula is C14H23N3. The Bertz CT molecular complexity index is 351. The molecule has 94 valence electrons. The first-order valence-electron chi connectivity index (χ1n) is 6.86. The molecule has 0 saturated heterocycles. The molecule has 2 rings (SSSR count). The zero-order valence-electron chi connectivity index (χ0n) is 10.9. The maximum Gasteiger partial charge on any atom is 0.131 e. The van der Waals surface area contributed by atoms with Crippen molar-refractivity contribution in [2.45, 2.75) is 52.0 Å². The highest BCUT2D eigenvalue weighted by atomic mass is 14.9. The van der Waals surface area contributed by atoms with Crippen molar-refractivity contribution in [3.05, 3.63) is 23.8 Å². The molecule has 0 aromatic carbocycles. The molecule has 0 amide bonds. The summed E-state index contributed by atoms with van der Waals surface area (Å²) in [7, 11) is 0. The molecule has 0 aliphatic heterocycles. The van der Waals surface area contributed by atoms with Crippen molar-refractivity contribution in [2.24, 2.45) is 5.92 Å². The number of aromatic nitrogens is 2. The average molecular weight is 233 g/mol. The Balaban J connectivity index is 2.01. The number of nitrogens with one attached hydrogen (secondary N) is 1. The lowest BCUT2D eigenvalue weighted by Crippen LogP contribution is -2.14. The molecule has 17 heavy (non-hydrogen) atoms. The normalized spacial score (nSPS) is 24.1. The van der Waals surface area contributed by atoms with Gasteiger partial charge in [0, 0.05) is 18.7 Å². The van der Waals surface area contributed by atoms with Crippen LogP contribution in [-0.2, 0) is 6.54 Å². The Hall–Kier alpha value is -0.960. The van der Waals surface area contributed by atoms with E-state index in [-0.39, 0.29) is 0 Å². The van der Waals surface area contributed by atoms with Gasteiger partial charge in [-0.2, -0.15) is 0 Å². The monoisotopic (exact) mass is 233 g/mol. The molecule has 1 aliphatic rings. The Kier molecular flexibility index (Phi) is 4.49. The van der Waals surface area contributed by atoms with Crippen LogP contribution >= 0.6 is 0 Å². The molecule has 0 bridgehead atoms. The van der Waals surface area contributed by atoms with Crippen LogP contribution < -0.4 is 5.32 Å². The summed E-state index contributed by atoms with van der Waals surface area (Å²) >= 11 is 0. The predicted molar refractivity (Wildman–Crippen MR) is 69.8 cm³/mol. The van der Waals surface area contributed by atoms with E-state index in [1.807, 2.05) is 12.3 Å². The van der Waals surface area contributed by atoms with Crippen molar-refractivity contribution in [2.75, 3.05) is 6.54 Å². The van der Waals surface area contributed by atoms with Gasteiger partial charge in [-0.1, -0.05) is 20.3 Å². The number of nitrogens with zero attached hydrogens (tertiary/aromatic N) is 2. The molecule has 3 nitrogen and oxygen atoms in total. The first-order chi connectivity index (χ1) is 8.33. The Labute approximate surface area is 104 Å². The van der Waals surface area contributed by atoms with Gasteiger partial charge in [-0.25, -0.2) is 9.97 Å². The summed E-state index contributed by atoms with van der Waals surface area (Å²) in [5.74, 6) is 2.55. The van der Waals surface area contributed by atoms with E-state index in [2.05, 4.69) is 29.1 Å². The molecule has 2 atom stereocenters. The van der Waals surface area contributed by atoms with Crippen LogP contribution in [0.3, 0.4) is 0 Å². The Morgan fingerprint density at radius 2 is 2.24 bits per heavy atom. The van der Waals surface area contributed by atoms with Gasteiger partial charge in [0.25, 0.3) is 0 Å². The fourth-order valence-electron chi connectivity index (χ4n) is 2.64. The molecule has 3 heteroatoms. The van der Waals surface area contributed by atoms with Crippen molar-refractivity contribution in [3.8, 4) is 0 Å². The zero-order chi connectivity index (χ0) is 12.1. The van der Waals surface area contributed by atoms with Crippen LogP contribution in [0.5, 0.6) is 0 Å². The van der Waals surface area contributed by atoms with Crippen LogP contribution in [-0.4, -0.2) is 16.5 Å². The van der Waals surface area contributed by atoms with Gasteiger partial charge in [0.1, 0.15) is 5.82 Å². The zero-order valence-corrected chi connectivity index (χ0v) is 10.9. The molecule has 1 aromatic heterocycles. The molecule has 1 heterocycles. The van der Waals surface area contributed by atoms with E-state index in [1.54, 1.807) is 0 Å². The van der Waals surface area contributed by atoms with Crippen molar-refractivity contribution >= 4 is 0 Å².